The zero-order chi connectivity index (χ0) is 19.1. The molecule has 0 aliphatic carbocycles. The van der Waals surface area contributed by atoms with E-state index >= 15 is 0 Å². The number of methoxy groups -OCH3 is 1. The van der Waals surface area contributed by atoms with Crippen LogP contribution in [0.3, 0.4) is 0 Å². The quantitative estimate of drug-likeness (QED) is 0.739. The first-order chi connectivity index (χ1) is 12.4. The van der Waals surface area contributed by atoms with Crippen molar-refractivity contribution < 1.29 is 23.4 Å². The monoisotopic (exact) mass is 358 g/mol. The van der Waals surface area contributed by atoms with Crippen molar-refractivity contribution in [2.24, 2.45) is 0 Å². The number of benzene rings is 2. The molecule has 26 heavy (non-hydrogen) atoms. The number of nitrogens with zero attached hydrogens (tertiary/aromatic N) is 1. The third-order valence-corrected chi connectivity index (χ3v) is 3.33. The molecule has 0 amide bonds. The van der Waals surface area contributed by atoms with Gasteiger partial charge in [0.25, 0.3) is 0 Å². The molecule has 7 heteroatoms. The summed E-state index contributed by atoms with van der Waals surface area (Å²) >= 11 is 0. The fraction of sp³-hybridized carbons (Fsp3) is 0.0526. The van der Waals surface area contributed by atoms with Gasteiger partial charge in [-0.3, -0.25) is 0 Å². The van der Waals surface area contributed by atoms with Crippen molar-refractivity contribution in [1.29, 1.82) is 0 Å². The average Bonchev–Trinajstić information content (AvgIpc) is 2.61. The summed E-state index contributed by atoms with van der Waals surface area (Å²) in [4.78, 5) is 13.9. The number of anilines is 1. The highest BCUT2D eigenvalue weighted by molar-refractivity contribution is 5.92. The molecule has 5 nitrogen and oxygen atoms in total. The van der Waals surface area contributed by atoms with E-state index in [0.717, 1.165) is 11.6 Å². The smallest absolute Gasteiger partial charge is 0.339 e. The predicted molar refractivity (Wildman–Crippen MR) is 94.0 cm³/mol. The number of nitrogens with two attached hydrogens (primary N) is 1. The molecule has 0 saturated carbocycles. The van der Waals surface area contributed by atoms with Crippen LogP contribution < -0.4 is 10.5 Å². The predicted octanol–water partition coefficient (Wildman–Crippen LogP) is 4.00. The zero-order valence-electron chi connectivity index (χ0n) is 13.8. The Morgan fingerprint density at radius 3 is 2.27 bits per heavy atom. The van der Waals surface area contributed by atoms with Crippen molar-refractivity contribution in [2.75, 3.05) is 12.8 Å². The third kappa shape index (κ3) is 5.01. The van der Waals surface area contributed by atoms with Crippen LogP contribution in [0.2, 0.25) is 0 Å². The fourth-order valence-corrected chi connectivity index (χ4v) is 2.12. The molecule has 0 bridgehead atoms. The van der Waals surface area contributed by atoms with E-state index in [0.29, 0.717) is 11.3 Å². The molecule has 3 aromatic rings. The van der Waals surface area contributed by atoms with Crippen molar-refractivity contribution >= 4 is 11.8 Å². The Hall–Kier alpha value is -3.48. The van der Waals surface area contributed by atoms with Gasteiger partial charge in [0.2, 0.25) is 0 Å². The maximum absolute atomic E-state index is 13.0. The highest BCUT2D eigenvalue weighted by Gasteiger charge is 2.05. The number of carbonyl (C=O) groups is 1. The summed E-state index contributed by atoms with van der Waals surface area (Å²) < 4.78 is 31.1. The number of hydrogen-bond donors (Lipinski definition) is 2. The molecular formula is C19H16F2N2O3. The lowest BCUT2D eigenvalue weighted by Gasteiger charge is -2.05. The molecule has 0 spiro atoms. The van der Waals surface area contributed by atoms with Crippen molar-refractivity contribution in [3.63, 3.8) is 0 Å². The van der Waals surface area contributed by atoms with Gasteiger partial charge in [-0.15, -0.1) is 0 Å². The minimum atomic E-state index is -1.05. The van der Waals surface area contributed by atoms with Gasteiger partial charge < -0.3 is 15.6 Å². The number of pyridine rings is 1. The number of aromatic carboxylic acids is 1. The summed E-state index contributed by atoms with van der Waals surface area (Å²) in [6.45, 7) is 0. The molecular weight excluding hydrogens is 342 g/mol. The maximum atomic E-state index is 13.0. The Morgan fingerprint density at radius 1 is 1.04 bits per heavy atom. The van der Waals surface area contributed by atoms with Gasteiger partial charge in [-0.1, -0.05) is 12.1 Å². The van der Waals surface area contributed by atoms with Gasteiger partial charge in [0.1, 0.15) is 28.8 Å². The standard InChI is InChI=1S/C13H10F2O.C6H6N2O2/c1-16-13-4-2-3-9(7-13)10-5-11(14)8-12(15)6-10;7-5-4(6(9)10)2-1-3-8-5/h2-8H,1H3;1-3H,(H2,7,8)(H,9,10). The van der Waals surface area contributed by atoms with Crippen molar-refractivity contribution in [3.05, 3.63) is 78.0 Å². The summed E-state index contributed by atoms with van der Waals surface area (Å²) in [6.07, 6.45) is 1.45. The lowest BCUT2D eigenvalue weighted by atomic mass is 10.1. The van der Waals surface area contributed by atoms with Crippen molar-refractivity contribution in [1.82, 2.24) is 4.98 Å². The number of aromatic nitrogens is 1. The summed E-state index contributed by atoms with van der Waals surface area (Å²) in [5.41, 5.74) is 6.49. The molecule has 0 fully saturated rings. The number of hydrogen-bond acceptors (Lipinski definition) is 4. The van der Waals surface area contributed by atoms with Gasteiger partial charge in [-0.2, -0.15) is 0 Å². The molecule has 1 heterocycles. The van der Waals surface area contributed by atoms with Crippen LogP contribution in [0.5, 0.6) is 5.75 Å². The zero-order valence-corrected chi connectivity index (χ0v) is 13.8. The average molecular weight is 358 g/mol. The summed E-state index contributed by atoms with van der Waals surface area (Å²) in [6, 6.07) is 13.4. The SMILES string of the molecule is COc1cccc(-c2cc(F)cc(F)c2)c1.Nc1ncccc1C(=O)O. The second-order valence-corrected chi connectivity index (χ2v) is 5.13. The molecule has 3 N–H and O–H groups in total. The van der Waals surface area contributed by atoms with Crippen LogP contribution in [0.1, 0.15) is 10.4 Å². The van der Waals surface area contributed by atoms with Crippen LogP contribution in [0, 0.1) is 11.6 Å². The van der Waals surface area contributed by atoms with Crippen LogP contribution in [0.4, 0.5) is 14.6 Å². The maximum Gasteiger partial charge on any atom is 0.339 e. The van der Waals surface area contributed by atoms with E-state index in [1.165, 1.54) is 30.5 Å². The number of halogens is 2. The van der Waals surface area contributed by atoms with Crippen LogP contribution in [-0.4, -0.2) is 23.2 Å². The first kappa shape index (κ1) is 18.9. The van der Waals surface area contributed by atoms with E-state index in [1.54, 1.807) is 31.4 Å². The van der Waals surface area contributed by atoms with Gasteiger partial charge in [0.15, 0.2) is 0 Å². The van der Waals surface area contributed by atoms with Gasteiger partial charge in [-0.25, -0.2) is 18.6 Å². The highest BCUT2D eigenvalue weighted by Crippen LogP contribution is 2.25. The molecule has 2 aromatic carbocycles. The van der Waals surface area contributed by atoms with Crippen LogP contribution in [-0.2, 0) is 0 Å². The Morgan fingerprint density at radius 2 is 1.73 bits per heavy atom. The largest absolute Gasteiger partial charge is 0.497 e. The van der Waals surface area contributed by atoms with Gasteiger partial charge in [0.05, 0.1) is 7.11 Å². The topological polar surface area (TPSA) is 85.4 Å². The van der Waals surface area contributed by atoms with Gasteiger partial charge >= 0.3 is 5.97 Å². The number of nitrogen functional groups attached to an aromatic ring is 1. The Balaban J connectivity index is 0.000000209. The Kier molecular flexibility index (Phi) is 6.21. The molecule has 0 radical (unpaired) electrons. The molecule has 0 atom stereocenters. The molecule has 0 aliphatic heterocycles. The van der Waals surface area contributed by atoms with E-state index in [1.807, 2.05) is 0 Å². The van der Waals surface area contributed by atoms with Gasteiger partial charge in [-0.05, 0) is 47.5 Å². The van der Waals surface area contributed by atoms with E-state index in [-0.39, 0.29) is 11.4 Å². The van der Waals surface area contributed by atoms with E-state index in [4.69, 9.17) is 15.6 Å². The lowest BCUT2D eigenvalue weighted by Crippen LogP contribution is -2.03. The number of ether oxygens (including phenoxy) is 1. The molecule has 0 unspecified atom stereocenters. The summed E-state index contributed by atoms with van der Waals surface area (Å²) in [5, 5.41) is 8.45. The minimum absolute atomic E-state index is 0.0440. The highest BCUT2D eigenvalue weighted by atomic mass is 19.1. The molecule has 134 valence electrons. The number of rotatable bonds is 3. The summed E-state index contributed by atoms with van der Waals surface area (Å²) in [5.74, 6) is -1.52. The van der Waals surface area contributed by atoms with Crippen molar-refractivity contribution in [3.8, 4) is 16.9 Å². The lowest BCUT2D eigenvalue weighted by molar-refractivity contribution is 0.0697. The summed E-state index contributed by atoms with van der Waals surface area (Å²) in [7, 11) is 1.55. The Labute approximate surface area is 148 Å². The second kappa shape index (κ2) is 8.57. The normalized spacial score (nSPS) is 9.81. The first-order valence-electron chi connectivity index (χ1n) is 7.45. The van der Waals surface area contributed by atoms with Crippen LogP contribution in [0.15, 0.2) is 60.8 Å². The molecule has 1 aromatic heterocycles. The molecule has 0 saturated heterocycles. The van der Waals surface area contributed by atoms with Crippen LogP contribution in [0.25, 0.3) is 11.1 Å². The van der Waals surface area contributed by atoms with E-state index < -0.39 is 17.6 Å². The van der Waals surface area contributed by atoms with Crippen molar-refractivity contribution in [2.45, 2.75) is 0 Å². The first-order valence-corrected chi connectivity index (χ1v) is 7.45. The van der Waals surface area contributed by atoms with E-state index in [9.17, 15) is 13.6 Å². The van der Waals surface area contributed by atoms with Crippen LogP contribution >= 0.6 is 0 Å². The minimum Gasteiger partial charge on any atom is -0.497 e. The molecule has 0 aliphatic rings. The fourth-order valence-electron chi connectivity index (χ4n) is 2.12. The number of carboxylic acids is 1. The van der Waals surface area contributed by atoms with E-state index in [2.05, 4.69) is 4.98 Å². The second-order valence-electron chi connectivity index (χ2n) is 5.13. The number of carboxylic acid groups (broad SMARTS) is 1. The molecule has 3 rings (SSSR count). The third-order valence-electron chi connectivity index (χ3n) is 3.33. The Bertz CT molecular complexity index is 897. The van der Waals surface area contributed by atoms with Gasteiger partial charge in [0, 0.05) is 12.3 Å².